The normalized spacial score (nSPS) is 28.4. The highest BCUT2D eigenvalue weighted by Crippen LogP contribution is 2.43. The number of aliphatic hydroxyl groups excluding tert-OH is 1. The summed E-state index contributed by atoms with van der Waals surface area (Å²) in [6, 6.07) is 10.6. The van der Waals surface area contributed by atoms with Crippen LogP contribution in [0, 0.1) is 17.8 Å². The Morgan fingerprint density at radius 1 is 1.11 bits per heavy atom. The molecule has 2 aliphatic carbocycles. The summed E-state index contributed by atoms with van der Waals surface area (Å²) < 4.78 is 0. The van der Waals surface area contributed by atoms with Crippen LogP contribution in [0.3, 0.4) is 0 Å². The van der Waals surface area contributed by atoms with Crippen LogP contribution in [0.25, 0.3) is 0 Å². The lowest BCUT2D eigenvalue weighted by molar-refractivity contribution is 0.161. The van der Waals surface area contributed by atoms with Crippen LogP contribution in [0.2, 0.25) is 0 Å². The van der Waals surface area contributed by atoms with Crippen molar-refractivity contribution >= 4 is 0 Å². The summed E-state index contributed by atoms with van der Waals surface area (Å²) in [5.74, 6) is 2.43. The molecule has 2 heteroatoms. The first-order chi connectivity index (χ1) is 9.35. The molecule has 1 saturated carbocycles. The van der Waals surface area contributed by atoms with E-state index in [1.165, 1.54) is 18.4 Å². The molecule has 2 aliphatic rings. The van der Waals surface area contributed by atoms with E-state index >= 15 is 0 Å². The minimum atomic E-state index is 0.253. The van der Waals surface area contributed by atoms with Gasteiger partial charge >= 0.3 is 0 Å². The fourth-order valence-electron chi connectivity index (χ4n) is 3.65. The van der Waals surface area contributed by atoms with Gasteiger partial charge in [-0.15, -0.1) is 0 Å². The Balaban J connectivity index is 1.60. The van der Waals surface area contributed by atoms with Gasteiger partial charge in [0, 0.05) is 19.6 Å². The summed E-state index contributed by atoms with van der Waals surface area (Å²) in [5.41, 5.74) is 1.34. The molecule has 0 radical (unpaired) electrons. The summed E-state index contributed by atoms with van der Waals surface area (Å²) in [7, 11) is 0. The first-order valence-electron chi connectivity index (χ1n) is 7.40. The second-order valence-electron chi connectivity index (χ2n) is 5.98. The second-order valence-corrected chi connectivity index (χ2v) is 5.98. The van der Waals surface area contributed by atoms with Crippen LogP contribution < -0.4 is 0 Å². The highest BCUT2D eigenvalue weighted by atomic mass is 16.3. The van der Waals surface area contributed by atoms with Crippen LogP contribution in [-0.2, 0) is 6.54 Å². The van der Waals surface area contributed by atoms with Gasteiger partial charge in [0.15, 0.2) is 0 Å². The average molecular weight is 257 g/mol. The van der Waals surface area contributed by atoms with Crippen molar-refractivity contribution in [3.8, 4) is 0 Å². The summed E-state index contributed by atoms with van der Waals surface area (Å²) in [4.78, 5) is 2.41. The molecule has 0 aliphatic heterocycles. The Morgan fingerprint density at radius 2 is 1.95 bits per heavy atom. The third-order valence-corrected chi connectivity index (χ3v) is 4.57. The predicted molar refractivity (Wildman–Crippen MR) is 77.6 cm³/mol. The zero-order chi connectivity index (χ0) is 13.1. The molecule has 3 atom stereocenters. The number of allylic oxidation sites excluding steroid dienone is 2. The van der Waals surface area contributed by atoms with Crippen LogP contribution in [-0.4, -0.2) is 29.7 Å². The zero-order valence-electron chi connectivity index (χ0n) is 11.4. The van der Waals surface area contributed by atoms with Crippen LogP contribution in [0.5, 0.6) is 0 Å². The quantitative estimate of drug-likeness (QED) is 0.792. The fraction of sp³-hybridized carbons (Fsp3) is 0.529. The van der Waals surface area contributed by atoms with Gasteiger partial charge in [0.2, 0.25) is 0 Å². The number of aliphatic hydroxyl groups is 1. The molecule has 0 spiro atoms. The molecule has 0 unspecified atom stereocenters. The summed E-state index contributed by atoms with van der Waals surface area (Å²) >= 11 is 0. The van der Waals surface area contributed by atoms with Gasteiger partial charge in [-0.05, 0) is 36.2 Å². The van der Waals surface area contributed by atoms with Crippen molar-refractivity contribution in [1.82, 2.24) is 4.90 Å². The monoisotopic (exact) mass is 257 g/mol. The zero-order valence-corrected chi connectivity index (χ0v) is 11.4. The van der Waals surface area contributed by atoms with E-state index < -0.39 is 0 Å². The number of benzene rings is 1. The molecule has 0 saturated heterocycles. The lowest BCUT2D eigenvalue weighted by Gasteiger charge is -2.28. The molecular weight excluding hydrogens is 234 g/mol. The molecular formula is C17H23NO. The van der Waals surface area contributed by atoms with E-state index in [0.29, 0.717) is 0 Å². The number of nitrogens with zero attached hydrogens (tertiary/aromatic N) is 1. The molecule has 0 amide bonds. The van der Waals surface area contributed by atoms with Gasteiger partial charge in [-0.3, -0.25) is 4.90 Å². The Labute approximate surface area is 115 Å². The topological polar surface area (TPSA) is 23.5 Å². The van der Waals surface area contributed by atoms with Gasteiger partial charge in [0.05, 0.1) is 6.61 Å². The fourth-order valence-corrected chi connectivity index (χ4v) is 3.65. The van der Waals surface area contributed by atoms with E-state index in [2.05, 4.69) is 47.4 Å². The average Bonchev–Trinajstić information content (AvgIpc) is 3.02. The van der Waals surface area contributed by atoms with Crippen LogP contribution in [0.1, 0.15) is 18.4 Å². The van der Waals surface area contributed by atoms with E-state index in [4.69, 9.17) is 0 Å². The van der Waals surface area contributed by atoms with Crippen molar-refractivity contribution in [3.05, 3.63) is 48.0 Å². The van der Waals surface area contributed by atoms with Crippen molar-refractivity contribution in [2.75, 3.05) is 19.7 Å². The molecule has 1 aromatic rings. The smallest absolute Gasteiger partial charge is 0.0558 e. The molecule has 2 nitrogen and oxygen atoms in total. The van der Waals surface area contributed by atoms with Crippen LogP contribution in [0.15, 0.2) is 42.5 Å². The Bertz CT molecular complexity index is 428. The lowest BCUT2D eigenvalue weighted by Crippen LogP contribution is -2.33. The van der Waals surface area contributed by atoms with Crippen molar-refractivity contribution in [2.45, 2.75) is 19.4 Å². The maximum Gasteiger partial charge on any atom is 0.0558 e. The van der Waals surface area contributed by atoms with Gasteiger partial charge in [0.1, 0.15) is 0 Å². The highest BCUT2D eigenvalue weighted by Gasteiger charge is 2.36. The summed E-state index contributed by atoms with van der Waals surface area (Å²) in [6.45, 7) is 3.12. The third-order valence-electron chi connectivity index (χ3n) is 4.57. The van der Waals surface area contributed by atoms with E-state index in [0.717, 1.165) is 37.4 Å². The van der Waals surface area contributed by atoms with Crippen molar-refractivity contribution in [2.24, 2.45) is 17.8 Å². The highest BCUT2D eigenvalue weighted by molar-refractivity contribution is 5.15. The SMILES string of the molecule is OCCN(Cc1ccccc1)C[C@@H]1C[C@@H]2C=C[C@@H]1C2. The first-order valence-corrected chi connectivity index (χ1v) is 7.40. The van der Waals surface area contributed by atoms with Gasteiger partial charge < -0.3 is 5.11 Å². The molecule has 102 valence electrons. The largest absolute Gasteiger partial charge is 0.395 e. The van der Waals surface area contributed by atoms with E-state index in [9.17, 15) is 5.11 Å². The molecule has 0 heterocycles. The Kier molecular flexibility index (Phi) is 4.00. The van der Waals surface area contributed by atoms with Crippen molar-refractivity contribution in [1.29, 1.82) is 0 Å². The third kappa shape index (κ3) is 3.07. The van der Waals surface area contributed by atoms with Gasteiger partial charge in [0.25, 0.3) is 0 Å². The first kappa shape index (κ1) is 12.9. The molecule has 0 aromatic heterocycles. The minimum absolute atomic E-state index is 0.253. The van der Waals surface area contributed by atoms with Gasteiger partial charge in [-0.2, -0.15) is 0 Å². The Morgan fingerprint density at radius 3 is 2.58 bits per heavy atom. The maximum atomic E-state index is 9.26. The Hall–Kier alpha value is -1.12. The molecule has 3 rings (SSSR count). The number of hydrogen-bond acceptors (Lipinski definition) is 2. The van der Waals surface area contributed by atoms with E-state index in [1.807, 2.05) is 0 Å². The predicted octanol–water partition coefficient (Wildman–Crippen LogP) is 2.69. The molecule has 1 aromatic carbocycles. The summed E-state index contributed by atoms with van der Waals surface area (Å²) in [5, 5.41) is 9.26. The van der Waals surface area contributed by atoms with Gasteiger partial charge in [-0.25, -0.2) is 0 Å². The van der Waals surface area contributed by atoms with E-state index in [-0.39, 0.29) is 6.61 Å². The number of hydrogen-bond donors (Lipinski definition) is 1. The molecule has 1 fully saturated rings. The molecule has 19 heavy (non-hydrogen) atoms. The van der Waals surface area contributed by atoms with Crippen LogP contribution in [0.4, 0.5) is 0 Å². The van der Waals surface area contributed by atoms with Crippen molar-refractivity contribution < 1.29 is 5.11 Å². The van der Waals surface area contributed by atoms with Crippen molar-refractivity contribution in [3.63, 3.8) is 0 Å². The van der Waals surface area contributed by atoms with E-state index in [1.54, 1.807) is 0 Å². The van der Waals surface area contributed by atoms with Gasteiger partial charge in [-0.1, -0.05) is 42.5 Å². The maximum absolute atomic E-state index is 9.26. The molecule has 2 bridgehead atoms. The number of rotatable bonds is 6. The summed E-state index contributed by atoms with van der Waals surface area (Å²) in [6.07, 6.45) is 7.52. The molecule has 1 N–H and O–H groups in total. The van der Waals surface area contributed by atoms with Crippen LogP contribution >= 0.6 is 0 Å². The standard InChI is InChI=1S/C17H23NO/c19-9-8-18(12-14-4-2-1-3-5-14)13-17-11-15-6-7-16(17)10-15/h1-7,15-17,19H,8-13H2/t15-,16-,17+/m1/s1. The lowest BCUT2D eigenvalue weighted by atomic mass is 9.93. The minimum Gasteiger partial charge on any atom is -0.395 e. The number of fused-ring (bicyclic) bond motifs is 2. The second kappa shape index (κ2) is 5.89.